The second kappa shape index (κ2) is 12.0. The fourth-order valence-electron chi connectivity index (χ4n) is 4.09. The number of nitrogens with zero attached hydrogens (tertiary/aromatic N) is 1. The number of hydrogen-bond donors (Lipinski definition) is 4. The molecule has 192 valence electrons. The summed E-state index contributed by atoms with van der Waals surface area (Å²) in [4.78, 5) is 59.1. The molecule has 0 spiro atoms. The lowest BCUT2D eigenvalue weighted by atomic mass is 9.89. The summed E-state index contributed by atoms with van der Waals surface area (Å²) in [5.41, 5.74) is 7.74. The van der Waals surface area contributed by atoms with Gasteiger partial charge < -0.3 is 25.5 Å². The Bertz CT molecular complexity index is 1280. The minimum absolute atomic E-state index is 0.0288. The number of amides is 1. The van der Waals surface area contributed by atoms with Crippen molar-refractivity contribution in [2.75, 3.05) is 18.9 Å². The molecule has 0 aliphatic rings. The van der Waals surface area contributed by atoms with E-state index in [1.54, 1.807) is 44.3 Å². The number of H-pyrrole nitrogens is 2. The molecule has 3 aromatic rings. The topological polar surface area (TPSA) is 169 Å². The maximum atomic E-state index is 12.9. The number of nitrogens with one attached hydrogen (secondary N) is 3. The van der Waals surface area contributed by atoms with Crippen LogP contribution in [0.25, 0.3) is 11.0 Å². The molecule has 0 aliphatic carbocycles. The molecule has 0 saturated carbocycles. The molecule has 2 atom stereocenters. The van der Waals surface area contributed by atoms with Crippen LogP contribution < -0.4 is 16.6 Å². The highest BCUT2D eigenvalue weighted by Crippen LogP contribution is 2.31. The first-order valence-electron chi connectivity index (χ1n) is 11.9. The van der Waals surface area contributed by atoms with Crippen LogP contribution in [0.5, 0.6) is 0 Å². The summed E-state index contributed by atoms with van der Waals surface area (Å²) >= 11 is 0. The Hall–Kier alpha value is -4.15. The summed E-state index contributed by atoms with van der Waals surface area (Å²) in [6.45, 7) is 5.74. The normalized spacial score (nSPS) is 12.6. The first-order valence-corrected chi connectivity index (χ1v) is 11.9. The van der Waals surface area contributed by atoms with Crippen molar-refractivity contribution in [2.24, 2.45) is 0 Å². The Morgan fingerprint density at radius 3 is 2.42 bits per heavy atom. The number of aromatic amines is 2. The van der Waals surface area contributed by atoms with Gasteiger partial charge in [-0.3, -0.25) is 19.4 Å². The van der Waals surface area contributed by atoms with Crippen molar-refractivity contribution in [2.45, 2.75) is 52.0 Å². The number of carbonyl (C=O) groups is 3. The van der Waals surface area contributed by atoms with Gasteiger partial charge in [0.2, 0.25) is 5.95 Å². The minimum atomic E-state index is -0.984. The molecule has 1 unspecified atom stereocenters. The SMILES string of the molecule is CCOC(=O)CC[C@H](NC(=O)c1ccc(C(CC)c2c[nH]c3nc(N)[nH]c(=O)c23)cc1)C(=O)OCC. The molecule has 11 heteroatoms. The lowest BCUT2D eigenvalue weighted by Crippen LogP contribution is -2.42. The quantitative estimate of drug-likeness (QED) is 0.293. The molecule has 2 aromatic heterocycles. The number of fused-ring (bicyclic) bond motifs is 1. The van der Waals surface area contributed by atoms with Gasteiger partial charge in [-0.25, -0.2) is 4.79 Å². The summed E-state index contributed by atoms with van der Waals surface area (Å²) < 4.78 is 9.94. The van der Waals surface area contributed by atoms with E-state index in [4.69, 9.17) is 15.2 Å². The van der Waals surface area contributed by atoms with Crippen LogP contribution in [0.4, 0.5) is 5.95 Å². The number of ether oxygens (including phenoxy) is 2. The van der Waals surface area contributed by atoms with E-state index in [1.807, 2.05) is 6.92 Å². The first-order chi connectivity index (χ1) is 17.3. The highest BCUT2D eigenvalue weighted by Gasteiger charge is 2.25. The number of esters is 2. The van der Waals surface area contributed by atoms with Crippen LogP contribution in [-0.4, -0.2) is 52.1 Å². The molecule has 11 nitrogen and oxygen atoms in total. The van der Waals surface area contributed by atoms with Crippen LogP contribution in [0.3, 0.4) is 0 Å². The second-order valence-corrected chi connectivity index (χ2v) is 8.12. The molecule has 36 heavy (non-hydrogen) atoms. The number of anilines is 1. The van der Waals surface area contributed by atoms with Gasteiger partial charge in [-0.05, 0) is 49.9 Å². The van der Waals surface area contributed by atoms with Gasteiger partial charge in [-0.1, -0.05) is 19.1 Å². The molecule has 0 aliphatic heterocycles. The number of carbonyl (C=O) groups excluding carboxylic acids is 3. The van der Waals surface area contributed by atoms with Crippen molar-refractivity contribution in [3.63, 3.8) is 0 Å². The highest BCUT2D eigenvalue weighted by molar-refractivity contribution is 5.97. The van der Waals surface area contributed by atoms with Crippen LogP contribution in [0.2, 0.25) is 0 Å². The minimum Gasteiger partial charge on any atom is -0.466 e. The van der Waals surface area contributed by atoms with Gasteiger partial charge >= 0.3 is 11.9 Å². The Labute approximate surface area is 207 Å². The van der Waals surface area contributed by atoms with Crippen LogP contribution >= 0.6 is 0 Å². The third kappa shape index (κ3) is 6.09. The predicted molar refractivity (Wildman–Crippen MR) is 133 cm³/mol. The largest absolute Gasteiger partial charge is 0.466 e. The summed E-state index contributed by atoms with van der Waals surface area (Å²) in [5.74, 6) is -1.63. The van der Waals surface area contributed by atoms with Gasteiger partial charge in [-0.15, -0.1) is 0 Å². The van der Waals surface area contributed by atoms with Crippen LogP contribution in [0.1, 0.15) is 67.4 Å². The Morgan fingerprint density at radius 1 is 1.08 bits per heavy atom. The summed E-state index contributed by atoms with van der Waals surface area (Å²) in [5, 5.41) is 3.09. The number of hydrogen-bond acceptors (Lipinski definition) is 8. The van der Waals surface area contributed by atoms with Gasteiger partial charge in [0.15, 0.2) is 0 Å². The fourth-order valence-corrected chi connectivity index (χ4v) is 4.09. The van der Waals surface area contributed by atoms with Crippen LogP contribution in [-0.2, 0) is 19.1 Å². The Balaban J connectivity index is 1.78. The van der Waals surface area contributed by atoms with Gasteiger partial charge in [0.25, 0.3) is 11.5 Å². The smallest absolute Gasteiger partial charge is 0.328 e. The molecule has 0 bridgehead atoms. The number of benzene rings is 1. The maximum Gasteiger partial charge on any atom is 0.328 e. The number of nitrogen functional groups attached to an aromatic ring is 1. The summed E-state index contributed by atoms with van der Waals surface area (Å²) in [6, 6.07) is 5.92. The molecular formula is C25H31N5O6. The number of nitrogens with two attached hydrogens (primary N) is 1. The average molecular weight is 498 g/mol. The molecular weight excluding hydrogens is 466 g/mol. The molecule has 2 heterocycles. The van der Waals surface area contributed by atoms with Gasteiger partial charge in [0.05, 0.1) is 18.6 Å². The predicted octanol–water partition coefficient (Wildman–Crippen LogP) is 2.38. The lowest BCUT2D eigenvalue weighted by molar-refractivity contribution is -0.146. The van der Waals surface area contributed by atoms with Crippen molar-refractivity contribution >= 4 is 34.8 Å². The molecule has 1 amide bonds. The molecule has 3 rings (SSSR count). The highest BCUT2D eigenvalue weighted by atomic mass is 16.5. The molecule has 1 aromatic carbocycles. The third-order valence-corrected chi connectivity index (χ3v) is 5.77. The van der Waals surface area contributed by atoms with Gasteiger partial charge in [0.1, 0.15) is 11.7 Å². The number of aromatic nitrogens is 3. The van der Waals surface area contributed by atoms with Crippen molar-refractivity contribution in [3.05, 3.63) is 57.5 Å². The van der Waals surface area contributed by atoms with E-state index in [0.29, 0.717) is 23.0 Å². The zero-order valence-electron chi connectivity index (χ0n) is 20.6. The molecule has 0 fully saturated rings. The second-order valence-electron chi connectivity index (χ2n) is 8.12. The van der Waals surface area contributed by atoms with E-state index in [9.17, 15) is 19.2 Å². The maximum absolute atomic E-state index is 12.9. The van der Waals surface area contributed by atoms with E-state index in [2.05, 4.69) is 20.3 Å². The molecule has 5 N–H and O–H groups in total. The van der Waals surface area contributed by atoms with E-state index >= 15 is 0 Å². The average Bonchev–Trinajstić information content (AvgIpc) is 3.26. The summed E-state index contributed by atoms with van der Waals surface area (Å²) in [7, 11) is 0. The molecule has 0 saturated heterocycles. The van der Waals surface area contributed by atoms with Crippen LogP contribution in [0, 0.1) is 0 Å². The van der Waals surface area contributed by atoms with E-state index < -0.39 is 23.9 Å². The van der Waals surface area contributed by atoms with E-state index in [-0.39, 0.29) is 43.5 Å². The Kier molecular flexibility index (Phi) is 8.82. The lowest BCUT2D eigenvalue weighted by Gasteiger charge is -2.18. The van der Waals surface area contributed by atoms with Gasteiger partial charge in [0, 0.05) is 24.1 Å². The third-order valence-electron chi connectivity index (χ3n) is 5.77. The van der Waals surface area contributed by atoms with Crippen molar-refractivity contribution in [3.8, 4) is 0 Å². The van der Waals surface area contributed by atoms with Gasteiger partial charge in [-0.2, -0.15) is 4.98 Å². The van der Waals surface area contributed by atoms with Crippen molar-refractivity contribution in [1.29, 1.82) is 0 Å². The van der Waals surface area contributed by atoms with Crippen LogP contribution in [0.15, 0.2) is 35.3 Å². The first kappa shape index (κ1) is 26.5. The van der Waals surface area contributed by atoms with E-state index in [0.717, 1.165) is 11.1 Å². The standard InChI is InChI=1S/C25H31N5O6/c1-4-16(17-13-27-21-20(17)23(33)30-25(26)29-21)14-7-9-15(10-8-14)22(32)28-18(24(34)36-6-3)11-12-19(31)35-5-2/h7-10,13,16,18H,4-6,11-12H2,1-3H3,(H,28,32)(H4,26,27,29,30,33)/t16?,18-/m0/s1. The molecule has 0 radical (unpaired) electrons. The zero-order valence-corrected chi connectivity index (χ0v) is 20.6. The zero-order chi connectivity index (χ0) is 26.2. The van der Waals surface area contributed by atoms with E-state index in [1.165, 1.54) is 0 Å². The summed E-state index contributed by atoms with van der Waals surface area (Å²) in [6.07, 6.45) is 2.47. The number of rotatable bonds is 11. The van der Waals surface area contributed by atoms with Crippen molar-refractivity contribution in [1.82, 2.24) is 20.3 Å². The van der Waals surface area contributed by atoms with Crippen molar-refractivity contribution < 1.29 is 23.9 Å². The fraction of sp³-hybridized carbons (Fsp3) is 0.400. The monoisotopic (exact) mass is 497 g/mol. The Morgan fingerprint density at radius 2 is 1.78 bits per heavy atom.